The Morgan fingerprint density at radius 1 is 1.50 bits per heavy atom. The van der Waals surface area contributed by atoms with E-state index >= 15 is 0 Å². The van der Waals surface area contributed by atoms with Crippen LogP contribution in [0.3, 0.4) is 0 Å². The first-order valence-corrected chi connectivity index (χ1v) is 6.67. The number of likely N-dealkylation sites (N-methyl/N-ethyl adjacent to an activating group) is 1. The van der Waals surface area contributed by atoms with Crippen molar-refractivity contribution in [2.45, 2.75) is 32.2 Å². The second-order valence-corrected chi connectivity index (χ2v) is 5.31. The first-order chi connectivity index (χ1) is 7.70. The van der Waals surface area contributed by atoms with E-state index in [4.69, 9.17) is 0 Å². The molecule has 0 bridgehead atoms. The van der Waals surface area contributed by atoms with Gasteiger partial charge in [0.2, 0.25) is 0 Å². The smallest absolute Gasteiger partial charge is 0.137 e. The molecule has 88 valence electrons. The lowest BCUT2D eigenvalue weighted by Gasteiger charge is -2.17. The predicted octanol–water partition coefficient (Wildman–Crippen LogP) is 3.52. The fourth-order valence-corrected chi connectivity index (χ4v) is 2.51. The lowest BCUT2D eigenvalue weighted by molar-refractivity contribution is 0.472. The Balaban J connectivity index is 2.03. The lowest BCUT2D eigenvalue weighted by atomic mass is 10.0. The van der Waals surface area contributed by atoms with Crippen LogP contribution in [0.1, 0.15) is 25.3 Å². The van der Waals surface area contributed by atoms with E-state index in [0.717, 1.165) is 18.9 Å². The van der Waals surface area contributed by atoms with Gasteiger partial charge < -0.3 is 5.32 Å². The molecule has 1 unspecified atom stereocenters. The number of hydrogen-bond acceptors (Lipinski definition) is 1. The van der Waals surface area contributed by atoms with Gasteiger partial charge in [-0.1, -0.05) is 13.0 Å². The Kier molecular flexibility index (Phi) is 3.98. The van der Waals surface area contributed by atoms with Crippen molar-refractivity contribution in [3.8, 4) is 0 Å². The molecule has 1 saturated carbocycles. The SMILES string of the molecule is CCNC(Cc1ccc(F)c(Br)c1)C1CC1. The van der Waals surface area contributed by atoms with Crippen LogP contribution in [0.4, 0.5) is 4.39 Å². The summed E-state index contributed by atoms with van der Waals surface area (Å²) in [5.74, 6) is 0.638. The third kappa shape index (κ3) is 3.05. The summed E-state index contributed by atoms with van der Waals surface area (Å²) in [6, 6.07) is 5.87. The largest absolute Gasteiger partial charge is 0.314 e. The minimum Gasteiger partial charge on any atom is -0.314 e. The highest BCUT2D eigenvalue weighted by Gasteiger charge is 2.30. The molecule has 2 rings (SSSR count). The number of hydrogen-bond donors (Lipinski definition) is 1. The molecule has 0 radical (unpaired) electrons. The van der Waals surface area contributed by atoms with E-state index in [9.17, 15) is 4.39 Å². The molecule has 0 amide bonds. The van der Waals surface area contributed by atoms with Gasteiger partial charge >= 0.3 is 0 Å². The van der Waals surface area contributed by atoms with Crippen molar-refractivity contribution < 1.29 is 4.39 Å². The van der Waals surface area contributed by atoms with E-state index in [1.54, 1.807) is 0 Å². The molecule has 3 heteroatoms. The molecule has 0 saturated heterocycles. The summed E-state index contributed by atoms with van der Waals surface area (Å²) in [6.45, 7) is 3.14. The van der Waals surface area contributed by atoms with Gasteiger partial charge in [0.05, 0.1) is 4.47 Å². The van der Waals surface area contributed by atoms with Gasteiger partial charge in [0.1, 0.15) is 5.82 Å². The molecule has 1 aromatic carbocycles. The Labute approximate surface area is 105 Å². The van der Waals surface area contributed by atoms with Gasteiger partial charge in [0, 0.05) is 6.04 Å². The van der Waals surface area contributed by atoms with Crippen LogP contribution in [0, 0.1) is 11.7 Å². The molecular weight excluding hydrogens is 269 g/mol. The summed E-state index contributed by atoms with van der Waals surface area (Å²) in [7, 11) is 0. The molecule has 1 atom stereocenters. The molecule has 1 nitrogen and oxygen atoms in total. The van der Waals surface area contributed by atoms with E-state index in [0.29, 0.717) is 10.5 Å². The summed E-state index contributed by atoms with van der Waals surface area (Å²) >= 11 is 3.23. The van der Waals surface area contributed by atoms with Crippen LogP contribution in [0.25, 0.3) is 0 Å². The zero-order valence-corrected chi connectivity index (χ0v) is 11.1. The minimum absolute atomic E-state index is 0.185. The first-order valence-electron chi connectivity index (χ1n) is 5.88. The third-order valence-corrected chi connectivity index (χ3v) is 3.70. The average Bonchev–Trinajstić information content (AvgIpc) is 3.06. The van der Waals surface area contributed by atoms with E-state index < -0.39 is 0 Å². The molecule has 0 heterocycles. The molecule has 0 aromatic heterocycles. The van der Waals surface area contributed by atoms with Gasteiger partial charge in [-0.2, -0.15) is 0 Å². The van der Waals surface area contributed by atoms with Gasteiger partial charge in [-0.25, -0.2) is 4.39 Å². The summed E-state index contributed by atoms with van der Waals surface area (Å²) in [6.07, 6.45) is 3.66. The molecule has 0 aliphatic heterocycles. The maximum absolute atomic E-state index is 13.1. The zero-order valence-electron chi connectivity index (χ0n) is 9.47. The van der Waals surface area contributed by atoms with Crippen LogP contribution >= 0.6 is 15.9 Å². The molecular formula is C13H17BrFN. The number of nitrogens with one attached hydrogen (secondary N) is 1. The Hall–Kier alpha value is -0.410. The van der Waals surface area contributed by atoms with Crippen molar-refractivity contribution >= 4 is 15.9 Å². The molecule has 1 N–H and O–H groups in total. The zero-order chi connectivity index (χ0) is 11.5. The Bertz CT molecular complexity index is 363. The Morgan fingerprint density at radius 2 is 2.25 bits per heavy atom. The fraction of sp³-hybridized carbons (Fsp3) is 0.538. The van der Waals surface area contributed by atoms with Gasteiger partial charge in [0.25, 0.3) is 0 Å². The van der Waals surface area contributed by atoms with E-state index in [1.807, 2.05) is 12.1 Å². The highest BCUT2D eigenvalue weighted by Crippen LogP contribution is 2.34. The maximum atomic E-state index is 13.1. The summed E-state index contributed by atoms with van der Waals surface area (Å²) in [4.78, 5) is 0. The number of rotatable bonds is 5. The van der Waals surface area contributed by atoms with E-state index in [1.165, 1.54) is 24.5 Å². The highest BCUT2D eigenvalue weighted by atomic mass is 79.9. The van der Waals surface area contributed by atoms with Gasteiger partial charge in [0.15, 0.2) is 0 Å². The van der Waals surface area contributed by atoms with Crippen molar-refractivity contribution in [3.63, 3.8) is 0 Å². The van der Waals surface area contributed by atoms with Gasteiger partial charge in [-0.15, -0.1) is 0 Å². The second kappa shape index (κ2) is 5.28. The van der Waals surface area contributed by atoms with E-state index in [-0.39, 0.29) is 5.82 Å². The number of halogens is 2. The molecule has 1 aliphatic carbocycles. The number of benzene rings is 1. The highest BCUT2D eigenvalue weighted by molar-refractivity contribution is 9.10. The van der Waals surface area contributed by atoms with Crippen molar-refractivity contribution in [3.05, 3.63) is 34.1 Å². The topological polar surface area (TPSA) is 12.0 Å². The molecule has 1 aromatic rings. The van der Waals surface area contributed by atoms with Crippen molar-refractivity contribution in [1.29, 1.82) is 0 Å². The van der Waals surface area contributed by atoms with E-state index in [2.05, 4.69) is 28.2 Å². The van der Waals surface area contributed by atoms with Crippen LogP contribution in [0.5, 0.6) is 0 Å². The van der Waals surface area contributed by atoms with Crippen molar-refractivity contribution in [1.82, 2.24) is 5.32 Å². The third-order valence-electron chi connectivity index (χ3n) is 3.10. The molecule has 16 heavy (non-hydrogen) atoms. The summed E-state index contributed by atoms with van der Waals surface area (Å²) in [5, 5.41) is 3.52. The first kappa shape index (κ1) is 12.1. The normalized spacial score (nSPS) is 17.4. The molecule has 1 aliphatic rings. The predicted molar refractivity (Wildman–Crippen MR) is 68.0 cm³/mol. The lowest BCUT2D eigenvalue weighted by Crippen LogP contribution is -2.32. The average molecular weight is 286 g/mol. The van der Waals surface area contributed by atoms with Crippen molar-refractivity contribution in [2.24, 2.45) is 5.92 Å². The quantitative estimate of drug-likeness (QED) is 0.873. The van der Waals surface area contributed by atoms with Crippen LogP contribution in [0.2, 0.25) is 0 Å². The standard InChI is InChI=1S/C13H17BrFN/c1-2-16-13(10-4-5-10)8-9-3-6-12(15)11(14)7-9/h3,6-7,10,13,16H,2,4-5,8H2,1H3. The minimum atomic E-state index is -0.185. The second-order valence-electron chi connectivity index (χ2n) is 4.45. The Morgan fingerprint density at radius 3 is 2.81 bits per heavy atom. The van der Waals surface area contributed by atoms with Gasteiger partial charge in [-0.3, -0.25) is 0 Å². The van der Waals surface area contributed by atoms with Crippen molar-refractivity contribution in [2.75, 3.05) is 6.54 Å². The van der Waals surface area contributed by atoms with Gasteiger partial charge in [-0.05, 0) is 65.4 Å². The fourth-order valence-electron chi connectivity index (χ4n) is 2.09. The van der Waals surface area contributed by atoms with Crippen LogP contribution in [-0.2, 0) is 6.42 Å². The van der Waals surface area contributed by atoms with Crippen LogP contribution in [0.15, 0.2) is 22.7 Å². The summed E-state index contributed by atoms with van der Waals surface area (Å²) in [5.41, 5.74) is 1.20. The van der Waals surface area contributed by atoms with Crippen LogP contribution in [-0.4, -0.2) is 12.6 Å². The van der Waals surface area contributed by atoms with Crippen LogP contribution < -0.4 is 5.32 Å². The molecule has 0 spiro atoms. The monoisotopic (exact) mass is 285 g/mol. The molecule has 1 fully saturated rings. The summed E-state index contributed by atoms with van der Waals surface area (Å²) < 4.78 is 13.7. The maximum Gasteiger partial charge on any atom is 0.137 e.